The summed E-state index contributed by atoms with van der Waals surface area (Å²) in [5.74, 6) is 0. The summed E-state index contributed by atoms with van der Waals surface area (Å²) in [4.78, 5) is 4.01. The van der Waals surface area contributed by atoms with Gasteiger partial charge in [0.1, 0.15) is 5.01 Å². The molecule has 0 radical (unpaired) electrons. The highest BCUT2D eigenvalue weighted by atomic mass is 32.1. The lowest BCUT2D eigenvalue weighted by molar-refractivity contribution is -0.141. The summed E-state index contributed by atoms with van der Waals surface area (Å²) in [7, 11) is 0. The zero-order chi connectivity index (χ0) is 13.9. The van der Waals surface area contributed by atoms with Gasteiger partial charge in [-0.05, 0) is 24.4 Å². The zero-order valence-electron chi connectivity index (χ0n) is 10.3. The van der Waals surface area contributed by atoms with Crippen LogP contribution in [0.1, 0.15) is 23.9 Å². The van der Waals surface area contributed by atoms with Crippen LogP contribution in [0.15, 0.2) is 16.8 Å². The second-order valence-electron chi connectivity index (χ2n) is 3.98. The molecule has 0 aromatic carbocycles. The first-order valence-corrected chi connectivity index (χ1v) is 7.58. The van der Waals surface area contributed by atoms with Gasteiger partial charge >= 0.3 is 6.18 Å². The molecule has 0 saturated heterocycles. The number of halogens is 3. The third-order valence-corrected chi connectivity index (χ3v) is 4.23. The van der Waals surface area contributed by atoms with Gasteiger partial charge in [0.15, 0.2) is 5.69 Å². The van der Waals surface area contributed by atoms with Crippen molar-refractivity contribution in [3.63, 3.8) is 0 Å². The van der Waals surface area contributed by atoms with E-state index < -0.39 is 11.9 Å². The Kier molecular flexibility index (Phi) is 4.59. The fraction of sp³-hybridized carbons (Fsp3) is 0.417. The van der Waals surface area contributed by atoms with Crippen LogP contribution < -0.4 is 5.32 Å². The quantitative estimate of drug-likeness (QED) is 0.829. The molecule has 0 atom stereocenters. The van der Waals surface area contributed by atoms with Crippen LogP contribution in [-0.4, -0.2) is 11.5 Å². The molecule has 0 bridgehead atoms. The number of aromatic nitrogens is 1. The number of thiophene rings is 1. The molecule has 0 aliphatic rings. The fourth-order valence-electron chi connectivity index (χ4n) is 1.58. The Morgan fingerprint density at radius 3 is 2.74 bits per heavy atom. The van der Waals surface area contributed by atoms with E-state index in [1.807, 2.05) is 17.7 Å². The molecule has 1 N–H and O–H groups in total. The Balaban J connectivity index is 2.29. The number of rotatable bonds is 5. The van der Waals surface area contributed by atoms with Gasteiger partial charge in [0, 0.05) is 17.5 Å². The van der Waals surface area contributed by atoms with E-state index in [0.717, 1.165) is 23.3 Å². The van der Waals surface area contributed by atoms with Crippen LogP contribution >= 0.6 is 22.7 Å². The molecule has 0 spiro atoms. The minimum Gasteiger partial charge on any atom is -0.312 e. The van der Waals surface area contributed by atoms with Crippen LogP contribution in [0.2, 0.25) is 0 Å². The number of hydrogen-bond donors (Lipinski definition) is 1. The second-order valence-corrected chi connectivity index (χ2v) is 5.84. The Morgan fingerprint density at radius 1 is 1.37 bits per heavy atom. The molecule has 2 aromatic heterocycles. The number of hydrogen-bond acceptors (Lipinski definition) is 4. The highest BCUT2D eigenvalue weighted by molar-refractivity contribution is 7.15. The topological polar surface area (TPSA) is 24.9 Å². The van der Waals surface area contributed by atoms with Crippen LogP contribution in [-0.2, 0) is 12.7 Å². The normalized spacial score (nSPS) is 12.0. The van der Waals surface area contributed by atoms with Crippen LogP contribution in [0.3, 0.4) is 0 Å². The Labute approximate surface area is 117 Å². The van der Waals surface area contributed by atoms with Gasteiger partial charge in [0.25, 0.3) is 0 Å². The van der Waals surface area contributed by atoms with Gasteiger partial charge < -0.3 is 5.32 Å². The SMILES string of the molecule is CCCNCc1sc(-c2ccsc2)nc1C(F)(F)F. The van der Waals surface area contributed by atoms with Crippen molar-refractivity contribution in [2.45, 2.75) is 26.1 Å². The second kappa shape index (κ2) is 6.02. The predicted octanol–water partition coefficient (Wildman–Crippen LogP) is 4.39. The molecule has 0 aliphatic heterocycles. The number of nitrogens with zero attached hydrogens (tertiary/aromatic N) is 1. The van der Waals surface area contributed by atoms with Crippen LogP contribution in [0.25, 0.3) is 10.6 Å². The largest absolute Gasteiger partial charge is 0.434 e. The third-order valence-electron chi connectivity index (χ3n) is 2.45. The predicted molar refractivity (Wildman–Crippen MR) is 72.4 cm³/mol. The lowest BCUT2D eigenvalue weighted by Crippen LogP contribution is -2.17. The lowest BCUT2D eigenvalue weighted by atomic mass is 10.3. The maximum Gasteiger partial charge on any atom is 0.434 e. The first-order valence-electron chi connectivity index (χ1n) is 5.82. The van der Waals surface area contributed by atoms with Gasteiger partial charge in [-0.25, -0.2) is 4.98 Å². The van der Waals surface area contributed by atoms with Gasteiger partial charge in [0.05, 0.1) is 4.88 Å². The highest BCUT2D eigenvalue weighted by Crippen LogP contribution is 2.38. The molecule has 2 aromatic rings. The molecular weight excluding hydrogens is 293 g/mol. The molecule has 2 rings (SSSR count). The van der Waals surface area contributed by atoms with Gasteiger partial charge in [-0.15, -0.1) is 11.3 Å². The number of thiazole rings is 1. The van der Waals surface area contributed by atoms with E-state index in [4.69, 9.17) is 0 Å². The Morgan fingerprint density at radius 2 is 2.16 bits per heavy atom. The molecular formula is C12H13F3N2S2. The van der Waals surface area contributed by atoms with E-state index in [-0.39, 0.29) is 11.4 Å². The average Bonchev–Trinajstić information content (AvgIpc) is 2.96. The van der Waals surface area contributed by atoms with Crippen molar-refractivity contribution in [2.24, 2.45) is 0 Å². The summed E-state index contributed by atoms with van der Waals surface area (Å²) in [5.41, 5.74) is -0.00968. The molecule has 0 saturated carbocycles. The molecule has 19 heavy (non-hydrogen) atoms. The minimum atomic E-state index is -4.39. The van der Waals surface area contributed by atoms with Crippen molar-refractivity contribution < 1.29 is 13.2 Å². The number of nitrogens with one attached hydrogen (secondary N) is 1. The van der Waals surface area contributed by atoms with Crippen LogP contribution in [0, 0.1) is 0 Å². The van der Waals surface area contributed by atoms with E-state index in [2.05, 4.69) is 10.3 Å². The highest BCUT2D eigenvalue weighted by Gasteiger charge is 2.37. The summed E-state index contributed by atoms with van der Waals surface area (Å²) in [5, 5.41) is 7.07. The van der Waals surface area contributed by atoms with Gasteiger partial charge in [0.2, 0.25) is 0 Å². The lowest BCUT2D eigenvalue weighted by Gasteiger charge is -2.06. The Bertz CT molecular complexity index is 518. The van der Waals surface area contributed by atoms with Gasteiger partial charge in [-0.1, -0.05) is 6.92 Å². The summed E-state index contributed by atoms with van der Waals surface area (Å²) in [6.45, 7) is 2.88. The van der Waals surface area contributed by atoms with E-state index in [1.165, 1.54) is 11.3 Å². The van der Waals surface area contributed by atoms with E-state index in [0.29, 0.717) is 11.6 Å². The zero-order valence-corrected chi connectivity index (χ0v) is 11.9. The molecule has 2 heterocycles. The standard InChI is InChI=1S/C12H13F3N2S2/c1-2-4-16-6-9-10(12(13,14)15)17-11(19-9)8-3-5-18-7-8/h3,5,7,16H,2,4,6H2,1H3. The maximum absolute atomic E-state index is 12.9. The fourth-order valence-corrected chi connectivity index (χ4v) is 3.34. The van der Waals surface area contributed by atoms with E-state index in [9.17, 15) is 13.2 Å². The first kappa shape index (κ1) is 14.5. The maximum atomic E-state index is 12.9. The molecule has 2 nitrogen and oxygen atoms in total. The van der Waals surface area contributed by atoms with Crippen LogP contribution in [0.5, 0.6) is 0 Å². The molecule has 0 fully saturated rings. The summed E-state index contributed by atoms with van der Waals surface area (Å²) >= 11 is 2.56. The first-order chi connectivity index (χ1) is 9.02. The third kappa shape index (κ3) is 3.55. The van der Waals surface area contributed by atoms with Crippen molar-refractivity contribution in [3.8, 4) is 10.6 Å². The van der Waals surface area contributed by atoms with Crippen LogP contribution in [0.4, 0.5) is 13.2 Å². The van der Waals surface area contributed by atoms with Crippen molar-refractivity contribution in [1.82, 2.24) is 10.3 Å². The minimum absolute atomic E-state index is 0.213. The molecule has 7 heteroatoms. The van der Waals surface area contributed by atoms with Crippen molar-refractivity contribution in [2.75, 3.05) is 6.54 Å². The molecule has 0 unspecified atom stereocenters. The monoisotopic (exact) mass is 306 g/mol. The Hall–Kier alpha value is -0.920. The van der Waals surface area contributed by atoms with E-state index in [1.54, 1.807) is 6.07 Å². The number of alkyl halides is 3. The van der Waals surface area contributed by atoms with Gasteiger partial charge in [-0.3, -0.25) is 0 Å². The van der Waals surface area contributed by atoms with Crippen molar-refractivity contribution >= 4 is 22.7 Å². The average molecular weight is 306 g/mol. The summed E-state index contributed by atoms with van der Waals surface area (Å²) in [6.07, 6.45) is -3.51. The summed E-state index contributed by atoms with van der Waals surface area (Å²) in [6, 6.07) is 1.78. The summed E-state index contributed by atoms with van der Waals surface area (Å²) < 4.78 is 38.8. The van der Waals surface area contributed by atoms with Crippen molar-refractivity contribution in [3.05, 3.63) is 27.4 Å². The van der Waals surface area contributed by atoms with Crippen molar-refractivity contribution in [1.29, 1.82) is 0 Å². The molecule has 0 amide bonds. The van der Waals surface area contributed by atoms with Gasteiger partial charge in [-0.2, -0.15) is 24.5 Å². The van der Waals surface area contributed by atoms with E-state index >= 15 is 0 Å². The smallest absolute Gasteiger partial charge is 0.312 e. The molecule has 104 valence electrons. The molecule has 0 aliphatic carbocycles.